The molecule has 2 heteroatoms. The highest BCUT2D eigenvalue weighted by Gasteiger charge is 2.52. The number of carbonyl (C=O) groups is 1. The lowest BCUT2D eigenvalue weighted by Gasteiger charge is -2.50. The summed E-state index contributed by atoms with van der Waals surface area (Å²) in [5.74, 6) is 0.533. The topological polar surface area (TPSA) is 26.3 Å². The highest BCUT2D eigenvalue weighted by molar-refractivity contribution is 5.80. The first-order chi connectivity index (χ1) is 12.4. The second-order valence-corrected chi connectivity index (χ2v) is 9.06. The molecule has 1 unspecified atom stereocenters. The Labute approximate surface area is 158 Å². The number of rotatable bonds is 3. The minimum Gasteiger partial charge on any atom is -0.465 e. The smallest absolute Gasteiger partial charge is 0.313 e. The van der Waals surface area contributed by atoms with Crippen LogP contribution in [-0.2, 0) is 9.53 Å². The van der Waals surface area contributed by atoms with Gasteiger partial charge in [0.1, 0.15) is 0 Å². The Morgan fingerprint density at radius 3 is 2.88 bits per heavy atom. The number of ether oxygens (including phenoxy) is 1. The molecule has 26 heavy (non-hydrogen) atoms. The van der Waals surface area contributed by atoms with E-state index in [1.54, 1.807) is 0 Å². The zero-order chi connectivity index (χ0) is 18.5. The Bertz CT molecular complexity index is 750. The van der Waals surface area contributed by atoms with Crippen LogP contribution < -0.4 is 0 Å². The van der Waals surface area contributed by atoms with E-state index < -0.39 is 0 Å². The van der Waals surface area contributed by atoms with Crippen molar-refractivity contribution in [3.05, 3.63) is 46.6 Å². The van der Waals surface area contributed by atoms with Crippen molar-refractivity contribution in [2.75, 3.05) is 6.61 Å². The third-order valence-electron chi connectivity index (χ3n) is 7.64. The van der Waals surface area contributed by atoms with E-state index in [9.17, 15) is 4.79 Å². The van der Waals surface area contributed by atoms with Crippen molar-refractivity contribution < 1.29 is 9.53 Å². The van der Waals surface area contributed by atoms with Crippen molar-refractivity contribution in [3.63, 3.8) is 0 Å². The maximum absolute atomic E-state index is 13.0. The van der Waals surface area contributed by atoms with Crippen LogP contribution in [0.3, 0.4) is 0 Å². The van der Waals surface area contributed by atoms with Gasteiger partial charge in [-0.05, 0) is 67.9 Å². The summed E-state index contributed by atoms with van der Waals surface area (Å²) in [6.45, 7) is 9.73. The summed E-state index contributed by atoms with van der Waals surface area (Å²) in [5, 5.41) is 0. The molecule has 4 atom stereocenters. The van der Waals surface area contributed by atoms with Crippen molar-refractivity contribution in [2.45, 2.75) is 66.2 Å². The van der Waals surface area contributed by atoms with Gasteiger partial charge in [0.15, 0.2) is 0 Å². The molecular weight excluding hydrogens is 320 g/mol. The quantitative estimate of drug-likeness (QED) is 0.466. The Hall–Kier alpha value is -1.57. The van der Waals surface area contributed by atoms with Gasteiger partial charge in [-0.1, -0.05) is 56.2 Å². The monoisotopic (exact) mass is 352 g/mol. The fourth-order valence-electron chi connectivity index (χ4n) is 5.72. The van der Waals surface area contributed by atoms with Crippen molar-refractivity contribution in [3.8, 4) is 0 Å². The SMILES string of the molecule is CCCOC(=O)[C@@H]1CC2=CCC=C[C@]2(C)C2=C1C1=CCC(C)[C@@]1(C)CC2. The molecule has 0 fully saturated rings. The van der Waals surface area contributed by atoms with Crippen LogP contribution in [0, 0.1) is 22.7 Å². The van der Waals surface area contributed by atoms with Crippen LogP contribution in [0.5, 0.6) is 0 Å². The van der Waals surface area contributed by atoms with Crippen LogP contribution >= 0.6 is 0 Å². The van der Waals surface area contributed by atoms with E-state index >= 15 is 0 Å². The van der Waals surface area contributed by atoms with Gasteiger partial charge in [0.25, 0.3) is 0 Å². The minimum atomic E-state index is -0.112. The molecule has 0 aromatic rings. The van der Waals surface area contributed by atoms with Gasteiger partial charge in [0.2, 0.25) is 0 Å². The largest absolute Gasteiger partial charge is 0.465 e. The fourth-order valence-corrected chi connectivity index (χ4v) is 5.72. The summed E-state index contributed by atoms with van der Waals surface area (Å²) >= 11 is 0. The predicted molar refractivity (Wildman–Crippen MR) is 106 cm³/mol. The van der Waals surface area contributed by atoms with Crippen LogP contribution in [0.2, 0.25) is 0 Å². The predicted octanol–water partition coefficient (Wildman–Crippen LogP) is 5.92. The Kier molecular flexibility index (Phi) is 4.28. The first-order valence-corrected chi connectivity index (χ1v) is 10.4. The highest BCUT2D eigenvalue weighted by Crippen LogP contribution is 2.62. The minimum absolute atomic E-state index is 0.00309. The van der Waals surface area contributed by atoms with Gasteiger partial charge in [-0.25, -0.2) is 0 Å². The molecule has 4 rings (SSSR count). The van der Waals surface area contributed by atoms with E-state index in [1.165, 1.54) is 28.7 Å². The summed E-state index contributed by atoms with van der Waals surface area (Å²) in [6.07, 6.45) is 15.6. The molecule has 0 aromatic heterocycles. The van der Waals surface area contributed by atoms with Crippen molar-refractivity contribution in [2.24, 2.45) is 22.7 Å². The van der Waals surface area contributed by atoms with Gasteiger partial charge in [0, 0.05) is 5.41 Å². The van der Waals surface area contributed by atoms with E-state index in [0.29, 0.717) is 12.5 Å². The van der Waals surface area contributed by atoms with Gasteiger partial charge in [-0.3, -0.25) is 4.79 Å². The Balaban J connectivity index is 1.85. The summed E-state index contributed by atoms with van der Waals surface area (Å²) < 4.78 is 5.66. The van der Waals surface area contributed by atoms with Gasteiger partial charge in [0.05, 0.1) is 12.5 Å². The molecule has 0 spiro atoms. The van der Waals surface area contributed by atoms with Gasteiger partial charge in [-0.2, -0.15) is 0 Å². The van der Waals surface area contributed by atoms with Crippen LogP contribution in [0.25, 0.3) is 0 Å². The number of allylic oxidation sites excluding steroid dienone is 7. The second-order valence-electron chi connectivity index (χ2n) is 9.06. The van der Waals surface area contributed by atoms with E-state index in [2.05, 4.69) is 52.0 Å². The normalized spacial score (nSPS) is 38.2. The van der Waals surface area contributed by atoms with Crippen LogP contribution in [0.15, 0.2) is 46.6 Å². The average Bonchev–Trinajstić information content (AvgIpc) is 2.94. The molecule has 0 aromatic carbocycles. The number of carbonyl (C=O) groups excluding carboxylic acids is 1. The maximum atomic E-state index is 13.0. The lowest BCUT2D eigenvalue weighted by atomic mass is 9.54. The van der Waals surface area contributed by atoms with Crippen LogP contribution in [0.4, 0.5) is 0 Å². The van der Waals surface area contributed by atoms with E-state index in [-0.39, 0.29) is 22.7 Å². The van der Waals surface area contributed by atoms with Crippen molar-refractivity contribution in [1.82, 2.24) is 0 Å². The summed E-state index contributed by atoms with van der Waals surface area (Å²) in [5.41, 5.74) is 5.94. The average molecular weight is 353 g/mol. The zero-order valence-corrected chi connectivity index (χ0v) is 16.7. The van der Waals surface area contributed by atoms with E-state index in [4.69, 9.17) is 4.74 Å². The van der Waals surface area contributed by atoms with Crippen LogP contribution in [0.1, 0.15) is 66.2 Å². The number of hydrogen-bond donors (Lipinski definition) is 0. The summed E-state index contributed by atoms with van der Waals surface area (Å²) in [7, 11) is 0. The molecule has 0 N–H and O–H groups in total. The second kappa shape index (κ2) is 6.25. The van der Waals surface area contributed by atoms with Crippen molar-refractivity contribution in [1.29, 1.82) is 0 Å². The summed E-state index contributed by atoms with van der Waals surface area (Å²) in [6, 6.07) is 0. The molecular formula is C24H32O2. The number of hydrogen-bond acceptors (Lipinski definition) is 2. The van der Waals surface area contributed by atoms with Gasteiger partial charge >= 0.3 is 5.97 Å². The first-order valence-electron chi connectivity index (χ1n) is 10.4. The molecule has 0 amide bonds. The molecule has 0 heterocycles. The van der Waals surface area contributed by atoms with E-state index in [1.807, 2.05) is 0 Å². The molecule has 0 aliphatic heterocycles. The highest BCUT2D eigenvalue weighted by atomic mass is 16.5. The molecule has 0 radical (unpaired) electrons. The standard InChI is InChI=1S/C24H32O2/c1-5-14-26-22(25)18-15-17-8-6-7-12-24(17,4)20-11-13-23(3)16(2)9-10-19(23)21(18)20/h7-8,10,12,16,18H,5-6,9,11,13-15H2,1-4H3/t16?,18-,23-,24+/m1/s1. The third-order valence-corrected chi connectivity index (χ3v) is 7.64. The molecule has 140 valence electrons. The Morgan fingerprint density at radius 1 is 1.31 bits per heavy atom. The molecule has 2 nitrogen and oxygen atoms in total. The number of fused-ring (bicyclic) bond motifs is 4. The number of esters is 1. The third kappa shape index (κ3) is 2.41. The summed E-state index contributed by atoms with van der Waals surface area (Å²) in [4.78, 5) is 13.0. The molecule has 0 saturated carbocycles. The molecule has 0 bridgehead atoms. The molecule has 4 aliphatic carbocycles. The molecule has 0 saturated heterocycles. The van der Waals surface area contributed by atoms with Crippen molar-refractivity contribution >= 4 is 5.97 Å². The lowest BCUT2D eigenvalue weighted by molar-refractivity contribution is -0.147. The zero-order valence-electron chi connectivity index (χ0n) is 16.7. The lowest BCUT2D eigenvalue weighted by Crippen LogP contribution is -2.41. The van der Waals surface area contributed by atoms with Gasteiger partial charge in [-0.15, -0.1) is 0 Å². The van der Waals surface area contributed by atoms with Gasteiger partial charge < -0.3 is 4.74 Å². The fraction of sp³-hybridized carbons (Fsp3) is 0.625. The van der Waals surface area contributed by atoms with E-state index in [0.717, 1.165) is 32.1 Å². The maximum Gasteiger partial charge on any atom is 0.313 e. The van der Waals surface area contributed by atoms with Crippen LogP contribution in [-0.4, -0.2) is 12.6 Å². The first kappa shape index (κ1) is 17.8. The molecule has 4 aliphatic rings. The Morgan fingerprint density at radius 2 is 2.12 bits per heavy atom.